The normalized spacial score (nSPS) is 12.4. The Hall–Kier alpha value is -6.80. The quantitative estimate of drug-likeness (QED) is 0.160. The number of rotatable bonds is 3. The molecule has 13 aromatic rings. The van der Waals surface area contributed by atoms with Gasteiger partial charge in [-0.15, -0.1) is 11.3 Å². The average molecular weight is 711 g/mol. The van der Waals surface area contributed by atoms with Crippen molar-refractivity contribution in [2.75, 3.05) is 0 Å². The van der Waals surface area contributed by atoms with Gasteiger partial charge in [-0.25, -0.2) is 0 Å². The number of hydrogen-bond acceptors (Lipinski definition) is 1. The monoisotopic (exact) mass is 710 g/mol. The van der Waals surface area contributed by atoms with E-state index in [0.29, 0.717) is 0 Å². The second-order valence-corrected chi connectivity index (χ2v) is 16.3. The minimum atomic E-state index is 1.26. The van der Waals surface area contributed by atoms with E-state index in [1.165, 1.54) is 129 Å². The molecule has 0 spiro atoms. The van der Waals surface area contributed by atoms with Crippen LogP contribution in [0.15, 0.2) is 182 Å². The summed E-state index contributed by atoms with van der Waals surface area (Å²) in [5, 5.41) is 21.0. The fraction of sp³-hybridized carbons (Fsp3) is 0. The lowest BCUT2D eigenvalue weighted by atomic mass is 9.87. The lowest BCUT2D eigenvalue weighted by Crippen LogP contribution is -1.89. The van der Waals surface area contributed by atoms with E-state index in [-0.39, 0.29) is 0 Å². The van der Waals surface area contributed by atoms with Crippen molar-refractivity contribution in [2.24, 2.45) is 0 Å². The molecule has 0 radical (unpaired) electrons. The average Bonchev–Trinajstić information content (AvgIpc) is 3.61. The van der Waals surface area contributed by atoms with Gasteiger partial charge < -0.3 is 0 Å². The Kier molecular flexibility index (Phi) is 5.86. The van der Waals surface area contributed by atoms with Gasteiger partial charge in [-0.2, -0.15) is 0 Å². The Bertz CT molecular complexity index is 3700. The zero-order valence-corrected chi connectivity index (χ0v) is 30.5. The lowest BCUT2D eigenvalue weighted by molar-refractivity contribution is 1.69. The Morgan fingerprint density at radius 3 is 1.16 bits per heavy atom. The van der Waals surface area contributed by atoms with Gasteiger partial charge in [0.15, 0.2) is 0 Å². The summed E-state index contributed by atoms with van der Waals surface area (Å²) in [4.78, 5) is 0. The summed E-state index contributed by atoms with van der Waals surface area (Å²) in [6.45, 7) is 0. The van der Waals surface area contributed by atoms with E-state index in [9.17, 15) is 0 Å². The third-order valence-corrected chi connectivity index (χ3v) is 13.5. The Labute approximate surface area is 320 Å². The molecule has 0 aliphatic heterocycles. The minimum absolute atomic E-state index is 1.26. The fourth-order valence-electron chi connectivity index (χ4n) is 9.76. The molecule has 0 bridgehead atoms. The summed E-state index contributed by atoms with van der Waals surface area (Å²) in [5.41, 5.74) is 7.63. The Morgan fingerprint density at radius 2 is 0.618 bits per heavy atom. The predicted molar refractivity (Wildman–Crippen MR) is 241 cm³/mol. The van der Waals surface area contributed by atoms with E-state index in [2.05, 4.69) is 182 Å². The van der Waals surface area contributed by atoms with Crippen LogP contribution >= 0.6 is 11.3 Å². The summed E-state index contributed by atoms with van der Waals surface area (Å²) in [5.74, 6) is 0. The highest BCUT2D eigenvalue weighted by Crippen LogP contribution is 2.45. The van der Waals surface area contributed by atoms with Gasteiger partial charge in [-0.3, -0.25) is 0 Å². The molecule has 0 amide bonds. The molecular weight excluding hydrogens is 681 g/mol. The van der Waals surface area contributed by atoms with Crippen molar-refractivity contribution >= 4 is 107 Å². The molecule has 0 atom stereocenters. The summed E-state index contributed by atoms with van der Waals surface area (Å²) >= 11 is 1.89. The third kappa shape index (κ3) is 4.16. The Morgan fingerprint density at radius 1 is 0.236 bits per heavy atom. The molecule has 0 nitrogen and oxygen atoms in total. The first kappa shape index (κ1) is 29.6. The molecule has 13 rings (SSSR count). The van der Waals surface area contributed by atoms with Gasteiger partial charge in [0.05, 0.1) is 0 Å². The molecule has 0 N–H and O–H groups in total. The van der Waals surface area contributed by atoms with Crippen LogP contribution in [0.4, 0.5) is 0 Å². The van der Waals surface area contributed by atoms with Gasteiger partial charge in [0.1, 0.15) is 0 Å². The van der Waals surface area contributed by atoms with Crippen molar-refractivity contribution in [3.05, 3.63) is 182 Å². The van der Waals surface area contributed by atoms with Crippen molar-refractivity contribution < 1.29 is 0 Å². The smallest absolute Gasteiger partial charge is 0.0355 e. The Balaban J connectivity index is 0.989. The van der Waals surface area contributed by atoms with Crippen LogP contribution in [0.1, 0.15) is 0 Å². The van der Waals surface area contributed by atoms with Gasteiger partial charge in [0, 0.05) is 20.2 Å². The molecule has 0 unspecified atom stereocenters. The predicted octanol–water partition coefficient (Wildman–Crippen LogP) is 16.0. The summed E-state index contributed by atoms with van der Waals surface area (Å²) < 4.78 is 2.65. The molecule has 55 heavy (non-hydrogen) atoms. The standard InChI is InChI=1S/C54H30S/c1-2-5-37-28-38(11-8-31(37)4-1)41-20-13-35-17-25-46-43(22-14-36-16-24-45(41)53(35)54(36)46)40-19-27-50-48(30-40)47-29-39(18-26-49(47)55-50)42-21-12-34-10-9-32-6-3-7-33-15-23-44(42)52(34)51(32)33/h1-30H. The highest BCUT2D eigenvalue weighted by molar-refractivity contribution is 7.25. The molecule has 0 aliphatic carbocycles. The first-order valence-electron chi connectivity index (χ1n) is 19.1. The molecule has 252 valence electrons. The van der Waals surface area contributed by atoms with Crippen LogP contribution in [0, 0.1) is 0 Å². The molecule has 0 aliphatic rings. The fourth-order valence-corrected chi connectivity index (χ4v) is 10.8. The maximum absolute atomic E-state index is 2.44. The molecule has 1 heteroatoms. The number of hydrogen-bond donors (Lipinski definition) is 0. The SMILES string of the molecule is c1ccc2cc(-c3ccc4ccc5c(-c6ccc7sc8ccc(-c9ccc%10ccc%11cccc%12ccc9c%10c%11%12)cc8c7c6)ccc6ccc3c4c65)ccc2c1. The summed E-state index contributed by atoms with van der Waals surface area (Å²) in [7, 11) is 0. The summed E-state index contributed by atoms with van der Waals surface area (Å²) in [6, 6.07) is 68.6. The van der Waals surface area contributed by atoms with Crippen LogP contribution < -0.4 is 0 Å². The first-order chi connectivity index (χ1) is 27.2. The topological polar surface area (TPSA) is 0 Å². The van der Waals surface area contributed by atoms with Crippen LogP contribution in [0.2, 0.25) is 0 Å². The van der Waals surface area contributed by atoms with Gasteiger partial charge in [-0.1, -0.05) is 152 Å². The van der Waals surface area contributed by atoms with Crippen LogP contribution in [0.3, 0.4) is 0 Å². The molecule has 0 fully saturated rings. The van der Waals surface area contributed by atoms with Crippen molar-refractivity contribution in [1.82, 2.24) is 0 Å². The molecule has 0 saturated heterocycles. The number of benzene rings is 12. The van der Waals surface area contributed by atoms with Gasteiger partial charge in [0.25, 0.3) is 0 Å². The van der Waals surface area contributed by atoms with E-state index < -0.39 is 0 Å². The van der Waals surface area contributed by atoms with E-state index in [1.54, 1.807) is 0 Å². The second kappa shape index (κ2) is 10.9. The van der Waals surface area contributed by atoms with Crippen molar-refractivity contribution in [3.8, 4) is 33.4 Å². The van der Waals surface area contributed by atoms with Crippen LogP contribution in [-0.4, -0.2) is 0 Å². The highest BCUT2D eigenvalue weighted by Gasteiger charge is 2.17. The molecular formula is C54H30S. The van der Waals surface area contributed by atoms with E-state index >= 15 is 0 Å². The maximum atomic E-state index is 2.44. The van der Waals surface area contributed by atoms with Crippen LogP contribution in [0.25, 0.3) is 129 Å². The van der Waals surface area contributed by atoms with Crippen LogP contribution in [-0.2, 0) is 0 Å². The van der Waals surface area contributed by atoms with Crippen molar-refractivity contribution in [2.45, 2.75) is 0 Å². The van der Waals surface area contributed by atoms with Gasteiger partial charge in [-0.05, 0) is 139 Å². The lowest BCUT2D eigenvalue weighted by Gasteiger charge is -2.17. The number of thiophene rings is 1. The zero-order valence-electron chi connectivity index (χ0n) is 29.7. The molecule has 1 heterocycles. The van der Waals surface area contributed by atoms with Crippen LogP contribution in [0.5, 0.6) is 0 Å². The first-order valence-corrected chi connectivity index (χ1v) is 19.9. The highest BCUT2D eigenvalue weighted by atomic mass is 32.1. The molecule has 12 aromatic carbocycles. The molecule has 1 aromatic heterocycles. The maximum Gasteiger partial charge on any atom is 0.0355 e. The third-order valence-electron chi connectivity index (χ3n) is 12.3. The van der Waals surface area contributed by atoms with E-state index in [0.717, 1.165) is 0 Å². The number of fused-ring (bicyclic) bond motifs is 4. The summed E-state index contributed by atoms with van der Waals surface area (Å²) in [6.07, 6.45) is 0. The van der Waals surface area contributed by atoms with Gasteiger partial charge in [0.2, 0.25) is 0 Å². The van der Waals surface area contributed by atoms with Crippen molar-refractivity contribution in [1.29, 1.82) is 0 Å². The zero-order chi connectivity index (χ0) is 35.8. The van der Waals surface area contributed by atoms with E-state index in [1.807, 2.05) is 11.3 Å². The van der Waals surface area contributed by atoms with Crippen molar-refractivity contribution in [3.63, 3.8) is 0 Å². The van der Waals surface area contributed by atoms with Gasteiger partial charge >= 0.3 is 0 Å². The molecule has 0 saturated carbocycles. The minimum Gasteiger partial charge on any atom is -0.135 e. The second-order valence-electron chi connectivity index (χ2n) is 15.2. The van der Waals surface area contributed by atoms with E-state index in [4.69, 9.17) is 0 Å². The largest absolute Gasteiger partial charge is 0.135 e.